The maximum absolute atomic E-state index is 11.8. The van der Waals surface area contributed by atoms with Crippen LogP contribution >= 0.6 is 11.3 Å². The Morgan fingerprint density at radius 3 is 3.11 bits per heavy atom. The minimum Gasteiger partial charge on any atom is -0.299 e. The molecule has 0 atom stereocenters. The van der Waals surface area contributed by atoms with Crippen molar-refractivity contribution in [3.05, 3.63) is 34.5 Å². The number of carbonyl (C=O) groups excluding carboxylic acids is 1. The molecule has 0 N–H and O–H groups in total. The summed E-state index contributed by atoms with van der Waals surface area (Å²) < 4.78 is 1.77. The van der Waals surface area contributed by atoms with E-state index >= 15 is 0 Å². The normalized spacial score (nSPS) is 10.7. The summed E-state index contributed by atoms with van der Waals surface area (Å²) in [5.74, 6) is 1.02. The Morgan fingerprint density at radius 1 is 1.50 bits per heavy atom. The predicted octanol–water partition coefficient (Wildman–Crippen LogP) is 2.49. The van der Waals surface area contributed by atoms with Crippen molar-refractivity contribution in [2.75, 3.05) is 0 Å². The van der Waals surface area contributed by atoms with Crippen LogP contribution in [0.4, 0.5) is 0 Å². The first-order chi connectivity index (χ1) is 8.79. The van der Waals surface area contributed by atoms with Crippen molar-refractivity contribution < 1.29 is 4.79 Å². The number of rotatable bonds is 7. The average molecular weight is 263 g/mol. The zero-order valence-electron chi connectivity index (χ0n) is 10.5. The second-order valence-corrected chi connectivity index (χ2v) is 5.17. The molecular formula is C13H17N3OS. The van der Waals surface area contributed by atoms with Crippen LogP contribution < -0.4 is 0 Å². The van der Waals surface area contributed by atoms with Gasteiger partial charge in [0, 0.05) is 17.8 Å². The highest BCUT2D eigenvalue weighted by Gasteiger charge is 2.09. The van der Waals surface area contributed by atoms with Crippen LogP contribution in [-0.4, -0.2) is 20.5 Å². The summed E-state index contributed by atoms with van der Waals surface area (Å²) in [4.78, 5) is 17.3. The molecule has 0 radical (unpaired) electrons. The van der Waals surface area contributed by atoms with Gasteiger partial charge in [-0.25, -0.2) is 9.67 Å². The van der Waals surface area contributed by atoms with Crippen LogP contribution in [0.2, 0.25) is 0 Å². The number of hydrogen-bond acceptors (Lipinski definition) is 4. The summed E-state index contributed by atoms with van der Waals surface area (Å²) >= 11 is 1.75. The number of ketones is 1. The van der Waals surface area contributed by atoms with Crippen molar-refractivity contribution in [1.29, 1.82) is 0 Å². The van der Waals surface area contributed by atoms with Gasteiger partial charge >= 0.3 is 0 Å². The van der Waals surface area contributed by atoms with Crippen LogP contribution in [0.3, 0.4) is 0 Å². The predicted molar refractivity (Wildman–Crippen MR) is 71.7 cm³/mol. The van der Waals surface area contributed by atoms with Crippen molar-refractivity contribution >= 4 is 17.1 Å². The van der Waals surface area contributed by atoms with E-state index in [9.17, 15) is 4.79 Å². The van der Waals surface area contributed by atoms with Crippen molar-refractivity contribution in [2.45, 2.75) is 39.2 Å². The molecule has 0 saturated carbocycles. The second-order valence-electron chi connectivity index (χ2n) is 4.14. The van der Waals surface area contributed by atoms with Crippen molar-refractivity contribution in [2.24, 2.45) is 0 Å². The van der Waals surface area contributed by atoms with E-state index in [1.165, 1.54) is 11.2 Å². The smallest absolute Gasteiger partial charge is 0.140 e. The van der Waals surface area contributed by atoms with Crippen LogP contribution in [0.1, 0.15) is 30.5 Å². The van der Waals surface area contributed by atoms with Crippen molar-refractivity contribution in [3.8, 4) is 0 Å². The van der Waals surface area contributed by atoms with Gasteiger partial charge in [0.05, 0.1) is 6.42 Å². The molecule has 2 aromatic heterocycles. The topological polar surface area (TPSA) is 47.8 Å². The summed E-state index contributed by atoms with van der Waals surface area (Å²) in [6.07, 6.45) is 4.44. The highest BCUT2D eigenvalue weighted by molar-refractivity contribution is 7.09. The monoisotopic (exact) mass is 263 g/mol. The van der Waals surface area contributed by atoms with Gasteiger partial charge in [-0.15, -0.1) is 11.3 Å². The lowest BCUT2D eigenvalue weighted by molar-refractivity contribution is -0.118. The molecule has 5 heteroatoms. The standard InChI is InChI=1S/C13H17N3OS/c1-2-16-13(14-10-15-16)9-11(17)5-3-6-12-7-4-8-18-12/h4,7-8,10H,2-3,5-6,9H2,1H3. The molecule has 18 heavy (non-hydrogen) atoms. The maximum atomic E-state index is 11.8. The maximum Gasteiger partial charge on any atom is 0.140 e. The van der Waals surface area contributed by atoms with E-state index in [1.807, 2.05) is 13.0 Å². The fourth-order valence-corrected chi connectivity index (χ4v) is 2.62. The van der Waals surface area contributed by atoms with Gasteiger partial charge in [-0.3, -0.25) is 4.79 Å². The average Bonchev–Trinajstić information content (AvgIpc) is 3.00. The van der Waals surface area contributed by atoms with Crippen molar-refractivity contribution in [1.82, 2.24) is 14.8 Å². The minimum absolute atomic E-state index is 0.245. The molecule has 0 bridgehead atoms. The van der Waals surface area contributed by atoms with Gasteiger partial charge in [0.2, 0.25) is 0 Å². The van der Waals surface area contributed by atoms with Crippen LogP contribution in [0.5, 0.6) is 0 Å². The van der Waals surface area contributed by atoms with Crippen molar-refractivity contribution in [3.63, 3.8) is 0 Å². The number of thiophene rings is 1. The highest BCUT2D eigenvalue weighted by atomic mass is 32.1. The third kappa shape index (κ3) is 3.50. The number of nitrogens with zero attached hydrogens (tertiary/aromatic N) is 3. The molecule has 0 aliphatic rings. The zero-order valence-corrected chi connectivity index (χ0v) is 11.3. The number of aryl methyl sites for hydroxylation is 2. The van der Waals surface area contributed by atoms with Crippen LogP contribution in [-0.2, 0) is 24.2 Å². The molecule has 2 rings (SSSR count). The van der Waals surface area contributed by atoms with E-state index in [-0.39, 0.29) is 5.78 Å². The molecular weight excluding hydrogens is 246 g/mol. The largest absolute Gasteiger partial charge is 0.299 e. The lowest BCUT2D eigenvalue weighted by Gasteiger charge is -2.02. The number of hydrogen-bond donors (Lipinski definition) is 0. The first-order valence-corrected chi connectivity index (χ1v) is 7.08. The number of Topliss-reactive ketones (excluding diaryl/α,β-unsaturated/α-hetero) is 1. The van der Waals surface area contributed by atoms with E-state index in [0.29, 0.717) is 12.8 Å². The second kappa shape index (κ2) is 6.44. The Balaban J connectivity index is 1.75. The van der Waals surface area contributed by atoms with Gasteiger partial charge in [-0.1, -0.05) is 6.07 Å². The summed E-state index contributed by atoms with van der Waals surface area (Å²) in [5, 5.41) is 6.13. The van der Waals surface area contributed by atoms with Crippen LogP contribution in [0.25, 0.3) is 0 Å². The lowest BCUT2D eigenvalue weighted by Crippen LogP contribution is -2.10. The first-order valence-electron chi connectivity index (χ1n) is 6.20. The van der Waals surface area contributed by atoms with E-state index in [0.717, 1.165) is 25.2 Å². The van der Waals surface area contributed by atoms with E-state index in [4.69, 9.17) is 0 Å². The van der Waals surface area contributed by atoms with Gasteiger partial charge in [0.25, 0.3) is 0 Å². The molecule has 0 spiro atoms. The number of aromatic nitrogens is 3. The minimum atomic E-state index is 0.245. The van der Waals surface area contributed by atoms with Crippen LogP contribution in [0.15, 0.2) is 23.8 Å². The molecule has 96 valence electrons. The Hall–Kier alpha value is -1.49. The molecule has 0 saturated heterocycles. The third-order valence-corrected chi connectivity index (χ3v) is 3.75. The molecule has 0 aromatic carbocycles. The fraction of sp³-hybridized carbons (Fsp3) is 0.462. The van der Waals surface area contributed by atoms with E-state index < -0.39 is 0 Å². The van der Waals surface area contributed by atoms with E-state index in [2.05, 4.69) is 21.5 Å². The zero-order chi connectivity index (χ0) is 12.8. The molecule has 4 nitrogen and oxygen atoms in total. The molecule has 2 aromatic rings. The van der Waals surface area contributed by atoms with Crippen LogP contribution in [0, 0.1) is 0 Å². The van der Waals surface area contributed by atoms with Gasteiger partial charge in [-0.05, 0) is 31.2 Å². The Morgan fingerprint density at radius 2 is 2.39 bits per heavy atom. The van der Waals surface area contributed by atoms with E-state index in [1.54, 1.807) is 16.0 Å². The van der Waals surface area contributed by atoms with Gasteiger partial charge in [0.1, 0.15) is 17.9 Å². The molecule has 0 amide bonds. The first kappa shape index (κ1) is 13.0. The third-order valence-electron chi connectivity index (χ3n) is 2.81. The summed E-state index contributed by atoms with van der Waals surface area (Å²) in [5.41, 5.74) is 0. The quantitative estimate of drug-likeness (QED) is 0.771. The Labute approximate surface area is 111 Å². The summed E-state index contributed by atoms with van der Waals surface area (Å²) in [6.45, 7) is 2.76. The SMILES string of the molecule is CCn1ncnc1CC(=O)CCCc1cccs1. The van der Waals surface area contributed by atoms with Gasteiger partial charge in [0.15, 0.2) is 0 Å². The highest BCUT2D eigenvalue weighted by Crippen LogP contribution is 2.12. The molecule has 0 unspecified atom stereocenters. The summed E-state index contributed by atoms with van der Waals surface area (Å²) in [7, 11) is 0. The lowest BCUT2D eigenvalue weighted by atomic mass is 10.1. The molecule has 0 fully saturated rings. The summed E-state index contributed by atoms with van der Waals surface area (Å²) in [6, 6.07) is 4.16. The molecule has 2 heterocycles. The number of carbonyl (C=O) groups is 1. The fourth-order valence-electron chi connectivity index (χ4n) is 1.87. The molecule has 0 aliphatic heterocycles. The Bertz CT molecular complexity index is 490. The Kier molecular flexibility index (Phi) is 4.64. The molecule has 0 aliphatic carbocycles. The van der Waals surface area contributed by atoms with Gasteiger partial charge in [-0.2, -0.15) is 5.10 Å². The van der Waals surface area contributed by atoms with Gasteiger partial charge < -0.3 is 0 Å².